The van der Waals surface area contributed by atoms with E-state index in [1.54, 1.807) is 0 Å². The van der Waals surface area contributed by atoms with Gasteiger partial charge in [-0.25, -0.2) is 0 Å². The molecule has 0 aliphatic carbocycles. The van der Waals surface area contributed by atoms with Crippen molar-refractivity contribution in [3.63, 3.8) is 0 Å². The number of anilines is 1. The van der Waals surface area contributed by atoms with Crippen LogP contribution < -0.4 is 4.90 Å². The number of hydrogen-bond acceptors (Lipinski definition) is 2. The van der Waals surface area contributed by atoms with Crippen LogP contribution in [-0.4, -0.2) is 19.9 Å². The lowest BCUT2D eigenvalue weighted by atomic mass is 10.1. The number of carbonyl (C=O) groups is 1. The van der Waals surface area contributed by atoms with Gasteiger partial charge in [0.25, 0.3) is 0 Å². The fourth-order valence-corrected chi connectivity index (χ4v) is 1.51. The number of carbonyl (C=O) groups excluding carboxylic acids is 1. The number of benzene rings is 1. The van der Waals surface area contributed by atoms with E-state index in [0.717, 1.165) is 18.4 Å². The van der Waals surface area contributed by atoms with E-state index in [-0.39, 0.29) is 0 Å². The first-order valence-electron chi connectivity index (χ1n) is 5.43. The summed E-state index contributed by atoms with van der Waals surface area (Å²) in [4.78, 5) is 12.7. The van der Waals surface area contributed by atoms with E-state index in [1.165, 1.54) is 12.1 Å². The molecule has 0 aromatic heterocycles. The van der Waals surface area contributed by atoms with E-state index < -0.39 is 0 Å². The Kier molecular flexibility index (Phi) is 4.35. The maximum absolute atomic E-state index is 10.5. The molecule has 0 saturated carbocycles. The second-order valence-corrected chi connectivity index (χ2v) is 4.10. The van der Waals surface area contributed by atoms with Gasteiger partial charge in [0.15, 0.2) is 0 Å². The zero-order valence-corrected chi connectivity index (χ0v) is 9.73. The quantitative estimate of drug-likeness (QED) is 0.689. The molecule has 0 bridgehead atoms. The topological polar surface area (TPSA) is 20.3 Å². The van der Waals surface area contributed by atoms with Crippen molar-refractivity contribution < 1.29 is 4.79 Å². The fraction of sp³-hybridized carbons (Fsp3) is 0.462. The van der Waals surface area contributed by atoms with Crippen LogP contribution in [0.2, 0.25) is 0 Å². The summed E-state index contributed by atoms with van der Waals surface area (Å²) in [6, 6.07) is 7.70. The number of nitrogens with zero attached hydrogens (tertiary/aromatic N) is 1. The highest BCUT2D eigenvalue weighted by molar-refractivity contribution is 5.75. The lowest BCUT2D eigenvalue weighted by molar-refractivity contribution is 0.112. The van der Waals surface area contributed by atoms with Gasteiger partial charge >= 0.3 is 0 Å². The van der Waals surface area contributed by atoms with Gasteiger partial charge in [-0.2, -0.15) is 0 Å². The third kappa shape index (κ3) is 3.39. The Bertz CT molecular complexity index is 305. The smallest absolute Gasteiger partial charge is 0.150 e. The predicted octanol–water partition coefficient (Wildman–Crippen LogP) is 2.98. The van der Waals surface area contributed by atoms with Crippen LogP contribution in [0.5, 0.6) is 0 Å². The Morgan fingerprint density at radius 3 is 2.40 bits per heavy atom. The van der Waals surface area contributed by atoms with Crippen molar-refractivity contribution in [1.82, 2.24) is 0 Å². The Morgan fingerprint density at radius 1 is 1.33 bits per heavy atom. The number of hydrogen-bond donors (Lipinski definition) is 0. The second-order valence-electron chi connectivity index (χ2n) is 4.10. The van der Waals surface area contributed by atoms with E-state index in [4.69, 9.17) is 0 Å². The lowest BCUT2D eigenvalue weighted by Crippen LogP contribution is -2.23. The van der Waals surface area contributed by atoms with Crippen molar-refractivity contribution in [1.29, 1.82) is 0 Å². The first-order chi connectivity index (χ1) is 7.17. The van der Waals surface area contributed by atoms with Crippen LogP contribution in [-0.2, 0) is 0 Å². The van der Waals surface area contributed by atoms with Gasteiger partial charge in [0.2, 0.25) is 0 Å². The summed E-state index contributed by atoms with van der Waals surface area (Å²) in [6.45, 7) is 5.50. The van der Waals surface area contributed by atoms with Crippen molar-refractivity contribution in [2.24, 2.45) is 5.92 Å². The van der Waals surface area contributed by atoms with Gasteiger partial charge in [0, 0.05) is 24.8 Å². The van der Waals surface area contributed by atoms with Gasteiger partial charge in [-0.3, -0.25) is 4.79 Å². The maximum Gasteiger partial charge on any atom is 0.150 e. The number of rotatable bonds is 5. The molecule has 15 heavy (non-hydrogen) atoms. The molecule has 0 fully saturated rings. The molecule has 2 heteroatoms. The van der Waals surface area contributed by atoms with Crippen molar-refractivity contribution in [3.05, 3.63) is 29.8 Å². The van der Waals surface area contributed by atoms with Gasteiger partial charge in [-0.1, -0.05) is 20.3 Å². The summed E-state index contributed by atoms with van der Waals surface area (Å²) in [6.07, 6.45) is 2.06. The minimum Gasteiger partial charge on any atom is -0.374 e. The van der Waals surface area contributed by atoms with Gasteiger partial charge in [-0.15, -0.1) is 0 Å². The molecule has 2 nitrogen and oxygen atoms in total. The van der Waals surface area contributed by atoms with Gasteiger partial charge in [0.1, 0.15) is 6.29 Å². The molecule has 1 rings (SSSR count). The molecule has 0 spiro atoms. The third-order valence-electron chi connectivity index (χ3n) is 2.75. The van der Waals surface area contributed by atoms with Crippen LogP contribution >= 0.6 is 0 Å². The Morgan fingerprint density at radius 2 is 1.93 bits per heavy atom. The van der Waals surface area contributed by atoms with E-state index in [0.29, 0.717) is 5.92 Å². The molecule has 0 N–H and O–H groups in total. The Hall–Kier alpha value is -1.31. The number of aldehydes is 1. The molecule has 0 radical (unpaired) electrons. The first-order valence-corrected chi connectivity index (χ1v) is 5.43. The van der Waals surface area contributed by atoms with Crippen molar-refractivity contribution >= 4 is 12.0 Å². The Balaban J connectivity index is 2.65. The second kappa shape index (κ2) is 5.54. The first kappa shape index (κ1) is 11.8. The normalized spacial score (nSPS) is 12.2. The van der Waals surface area contributed by atoms with Gasteiger partial charge < -0.3 is 4.90 Å². The molecular weight excluding hydrogens is 186 g/mol. The predicted molar refractivity (Wildman–Crippen MR) is 64.6 cm³/mol. The molecular formula is C13H19NO. The van der Waals surface area contributed by atoms with Crippen molar-refractivity contribution in [2.75, 3.05) is 18.5 Å². The molecule has 0 aliphatic rings. The summed E-state index contributed by atoms with van der Waals surface area (Å²) in [5, 5.41) is 0. The van der Waals surface area contributed by atoms with Gasteiger partial charge in [0.05, 0.1) is 0 Å². The molecule has 1 atom stereocenters. The maximum atomic E-state index is 10.5. The average Bonchev–Trinajstić information content (AvgIpc) is 2.29. The molecule has 0 amide bonds. The van der Waals surface area contributed by atoms with Crippen LogP contribution in [0, 0.1) is 5.92 Å². The molecule has 0 heterocycles. The minimum absolute atomic E-state index is 0.695. The molecule has 0 saturated heterocycles. The van der Waals surface area contributed by atoms with E-state index in [1.807, 2.05) is 24.3 Å². The van der Waals surface area contributed by atoms with Crippen LogP contribution in [0.3, 0.4) is 0 Å². The van der Waals surface area contributed by atoms with E-state index in [2.05, 4.69) is 25.8 Å². The van der Waals surface area contributed by atoms with Crippen LogP contribution in [0.4, 0.5) is 5.69 Å². The highest BCUT2D eigenvalue weighted by Crippen LogP contribution is 2.15. The zero-order valence-electron chi connectivity index (χ0n) is 9.73. The SMILES string of the molecule is CCC(C)CN(C)c1ccc(C=O)cc1. The molecule has 1 aromatic rings. The molecule has 82 valence electrons. The highest BCUT2D eigenvalue weighted by atomic mass is 16.1. The standard InChI is InChI=1S/C13H19NO/c1-4-11(2)9-14(3)13-7-5-12(10-15)6-8-13/h5-8,10-11H,4,9H2,1-3H3. The molecule has 1 unspecified atom stereocenters. The van der Waals surface area contributed by atoms with Crippen molar-refractivity contribution in [3.8, 4) is 0 Å². The monoisotopic (exact) mass is 205 g/mol. The third-order valence-corrected chi connectivity index (χ3v) is 2.75. The highest BCUT2D eigenvalue weighted by Gasteiger charge is 2.05. The summed E-state index contributed by atoms with van der Waals surface area (Å²) < 4.78 is 0. The summed E-state index contributed by atoms with van der Waals surface area (Å²) in [5.41, 5.74) is 1.90. The van der Waals surface area contributed by atoms with Crippen LogP contribution in [0.15, 0.2) is 24.3 Å². The lowest BCUT2D eigenvalue weighted by Gasteiger charge is -2.22. The average molecular weight is 205 g/mol. The summed E-state index contributed by atoms with van der Waals surface area (Å²) in [5.74, 6) is 0.695. The van der Waals surface area contributed by atoms with E-state index in [9.17, 15) is 4.79 Å². The summed E-state index contributed by atoms with van der Waals surface area (Å²) in [7, 11) is 2.09. The van der Waals surface area contributed by atoms with Crippen LogP contribution in [0.1, 0.15) is 30.6 Å². The van der Waals surface area contributed by atoms with Crippen LogP contribution in [0.25, 0.3) is 0 Å². The Labute approximate surface area is 91.9 Å². The molecule has 0 aliphatic heterocycles. The molecule has 1 aromatic carbocycles. The minimum atomic E-state index is 0.695. The van der Waals surface area contributed by atoms with Gasteiger partial charge in [-0.05, 0) is 30.2 Å². The summed E-state index contributed by atoms with van der Waals surface area (Å²) >= 11 is 0. The fourth-order valence-electron chi connectivity index (χ4n) is 1.51. The zero-order chi connectivity index (χ0) is 11.3. The van der Waals surface area contributed by atoms with Crippen molar-refractivity contribution in [2.45, 2.75) is 20.3 Å². The largest absolute Gasteiger partial charge is 0.374 e. The van der Waals surface area contributed by atoms with E-state index >= 15 is 0 Å².